The van der Waals surface area contributed by atoms with Crippen LogP contribution < -0.4 is 10.6 Å². The van der Waals surface area contributed by atoms with Gasteiger partial charge < -0.3 is 15.7 Å². The zero-order valence-corrected chi connectivity index (χ0v) is 12.9. The number of nitrogen functional groups attached to an aromatic ring is 1. The average Bonchev–Trinajstić information content (AvgIpc) is 2.63. The number of hydrogen-bond donors (Lipinski definition) is 3. The van der Waals surface area contributed by atoms with E-state index in [1.807, 2.05) is 19.9 Å². The minimum Gasteiger partial charge on any atom is -0.395 e. The number of nitrogens with two attached hydrogens (primary N) is 1. The molecule has 6 nitrogen and oxygen atoms in total. The van der Waals surface area contributed by atoms with Crippen LogP contribution in [0.2, 0.25) is 0 Å². The third-order valence-electron chi connectivity index (χ3n) is 3.90. The summed E-state index contributed by atoms with van der Waals surface area (Å²) in [6.07, 6.45) is 1.02. The minimum absolute atomic E-state index is 0.0754. The fourth-order valence-electron chi connectivity index (χ4n) is 2.93. The van der Waals surface area contributed by atoms with Crippen LogP contribution in [-0.4, -0.2) is 60.2 Å². The average molecular weight is 291 g/mol. The monoisotopic (exact) mass is 291 g/mol. The van der Waals surface area contributed by atoms with Gasteiger partial charge in [-0.05, 0) is 38.4 Å². The lowest BCUT2D eigenvalue weighted by molar-refractivity contribution is 0.204. The summed E-state index contributed by atoms with van der Waals surface area (Å²) in [5.74, 6) is 0.900. The molecule has 0 spiro atoms. The Hall–Kier alpha value is -1.66. The maximum Gasteiger partial charge on any atom is 0.140 e. The number of nitrogens with one attached hydrogen (secondary N) is 1. The second-order valence-corrected chi connectivity index (χ2v) is 5.60. The Morgan fingerprint density at radius 1 is 1.33 bits per heavy atom. The van der Waals surface area contributed by atoms with Crippen molar-refractivity contribution in [3.8, 4) is 0 Å². The Kier molecular flexibility index (Phi) is 5.14. The highest BCUT2D eigenvalue weighted by Gasteiger charge is 2.20. The van der Waals surface area contributed by atoms with Crippen molar-refractivity contribution in [3.63, 3.8) is 0 Å². The van der Waals surface area contributed by atoms with E-state index in [-0.39, 0.29) is 12.4 Å². The molecule has 1 aromatic heterocycles. The van der Waals surface area contributed by atoms with E-state index in [1.165, 1.54) is 0 Å². The van der Waals surface area contributed by atoms with E-state index >= 15 is 0 Å². The summed E-state index contributed by atoms with van der Waals surface area (Å²) in [5, 5.41) is 16.9. The number of nitrogens with zero attached hydrogens (tertiary/aromatic N) is 3. The maximum atomic E-state index is 9.07. The SMILES string of the molecule is Cc1cc(C)c(C(=N)N)c(N2CCCN(CCO)CC2)n1. The standard InChI is InChI=1S/C15H25N5O/c1-11-10-12(2)18-15(13(11)14(16)17)20-5-3-4-19(6-7-20)8-9-21/h10,21H,3-9H2,1-2H3,(H3,16,17). The zero-order valence-electron chi connectivity index (χ0n) is 12.9. The van der Waals surface area contributed by atoms with Crippen molar-refractivity contribution in [2.75, 3.05) is 44.2 Å². The zero-order chi connectivity index (χ0) is 15.4. The van der Waals surface area contributed by atoms with Crippen molar-refractivity contribution >= 4 is 11.7 Å². The van der Waals surface area contributed by atoms with Crippen LogP contribution >= 0.6 is 0 Å². The maximum absolute atomic E-state index is 9.07. The predicted octanol–water partition coefficient (Wildman–Crippen LogP) is 0.487. The quantitative estimate of drug-likeness (QED) is 0.555. The van der Waals surface area contributed by atoms with E-state index in [2.05, 4.69) is 14.8 Å². The fraction of sp³-hybridized carbons (Fsp3) is 0.600. The van der Waals surface area contributed by atoms with Gasteiger partial charge in [0.2, 0.25) is 0 Å². The first kappa shape index (κ1) is 15.7. The van der Waals surface area contributed by atoms with Crippen molar-refractivity contribution in [1.29, 1.82) is 5.41 Å². The van der Waals surface area contributed by atoms with Crippen LogP contribution in [0.4, 0.5) is 5.82 Å². The number of β-amino-alcohol motifs (C(OH)–C–C–N with tert-alkyl or cyclic N) is 1. The number of rotatable bonds is 4. The molecule has 0 aliphatic carbocycles. The lowest BCUT2D eigenvalue weighted by Crippen LogP contribution is -2.34. The number of anilines is 1. The summed E-state index contributed by atoms with van der Waals surface area (Å²) in [7, 11) is 0. The molecule has 4 N–H and O–H groups in total. The first-order chi connectivity index (χ1) is 10.0. The number of pyridine rings is 1. The van der Waals surface area contributed by atoms with Gasteiger partial charge in [-0.15, -0.1) is 0 Å². The van der Waals surface area contributed by atoms with E-state index < -0.39 is 0 Å². The van der Waals surface area contributed by atoms with Crippen molar-refractivity contribution in [2.45, 2.75) is 20.3 Å². The van der Waals surface area contributed by atoms with Crippen molar-refractivity contribution in [3.05, 3.63) is 22.9 Å². The summed E-state index contributed by atoms with van der Waals surface area (Å²) in [5.41, 5.74) is 8.46. The van der Waals surface area contributed by atoms with Gasteiger partial charge in [-0.2, -0.15) is 0 Å². The molecule has 0 atom stereocenters. The van der Waals surface area contributed by atoms with Crippen LogP contribution in [0.1, 0.15) is 23.2 Å². The number of aryl methyl sites for hydroxylation is 2. The van der Waals surface area contributed by atoms with Gasteiger partial charge in [0.15, 0.2) is 0 Å². The number of amidine groups is 1. The van der Waals surface area contributed by atoms with Gasteiger partial charge in [-0.1, -0.05) is 0 Å². The van der Waals surface area contributed by atoms with E-state index in [0.29, 0.717) is 6.54 Å². The first-order valence-electron chi connectivity index (χ1n) is 7.43. The molecule has 0 amide bonds. The molecule has 0 saturated carbocycles. The third kappa shape index (κ3) is 3.71. The van der Waals surface area contributed by atoms with Gasteiger partial charge in [-0.3, -0.25) is 10.3 Å². The number of aliphatic hydroxyl groups excluding tert-OH is 1. The Morgan fingerprint density at radius 3 is 2.76 bits per heavy atom. The molecule has 116 valence electrons. The summed E-state index contributed by atoms with van der Waals surface area (Å²) < 4.78 is 0. The highest BCUT2D eigenvalue weighted by molar-refractivity contribution is 6.01. The number of hydrogen-bond acceptors (Lipinski definition) is 5. The Labute approximate surface area is 126 Å². The second kappa shape index (κ2) is 6.87. The Morgan fingerprint density at radius 2 is 2.10 bits per heavy atom. The number of aromatic nitrogens is 1. The molecular weight excluding hydrogens is 266 g/mol. The molecule has 1 aliphatic heterocycles. The molecule has 2 rings (SSSR count). The van der Waals surface area contributed by atoms with Gasteiger partial charge >= 0.3 is 0 Å². The molecule has 0 unspecified atom stereocenters. The summed E-state index contributed by atoms with van der Waals surface area (Å²) in [6.45, 7) is 8.48. The van der Waals surface area contributed by atoms with Crippen molar-refractivity contribution in [1.82, 2.24) is 9.88 Å². The first-order valence-corrected chi connectivity index (χ1v) is 7.43. The molecule has 0 aromatic carbocycles. The third-order valence-corrected chi connectivity index (χ3v) is 3.90. The summed E-state index contributed by atoms with van der Waals surface area (Å²) >= 11 is 0. The van der Waals surface area contributed by atoms with Crippen LogP contribution in [0, 0.1) is 19.3 Å². The number of aliphatic hydroxyl groups is 1. The highest BCUT2D eigenvalue weighted by atomic mass is 16.3. The van der Waals surface area contributed by atoms with E-state index in [0.717, 1.165) is 55.2 Å². The second-order valence-electron chi connectivity index (χ2n) is 5.60. The molecule has 0 radical (unpaired) electrons. The predicted molar refractivity (Wildman–Crippen MR) is 85.1 cm³/mol. The van der Waals surface area contributed by atoms with Crippen LogP contribution in [0.25, 0.3) is 0 Å². The molecule has 1 aliphatic rings. The van der Waals surface area contributed by atoms with Crippen LogP contribution in [0.5, 0.6) is 0 Å². The van der Waals surface area contributed by atoms with Gasteiger partial charge in [0.05, 0.1) is 12.2 Å². The Balaban J connectivity index is 2.27. The summed E-state index contributed by atoms with van der Waals surface area (Å²) in [4.78, 5) is 9.11. The molecule has 0 bridgehead atoms. The van der Waals surface area contributed by atoms with Crippen LogP contribution in [-0.2, 0) is 0 Å². The highest BCUT2D eigenvalue weighted by Crippen LogP contribution is 2.23. The molecule has 1 fully saturated rings. The largest absolute Gasteiger partial charge is 0.395 e. The molecule has 21 heavy (non-hydrogen) atoms. The minimum atomic E-state index is 0.0754. The van der Waals surface area contributed by atoms with Crippen molar-refractivity contribution < 1.29 is 5.11 Å². The molecule has 2 heterocycles. The van der Waals surface area contributed by atoms with Crippen LogP contribution in [0.15, 0.2) is 6.07 Å². The fourth-order valence-corrected chi connectivity index (χ4v) is 2.93. The molecule has 1 saturated heterocycles. The van der Waals surface area contributed by atoms with E-state index in [1.54, 1.807) is 0 Å². The topological polar surface area (TPSA) is 89.5 Å². The molecule has 6 heteroatoms. The van der Waals surface area contributed by atoms with Crippen LogP contribution in [0.3, 0.4) is 0 Å². The van der Waals surface area contributed by atoms with Crippen molar-refractivity contribution in [2.24, 2.45) is 5.73 Å². The van der Waals surface area contributed by atoms with Gasteiger partial charge in [0.1, 0.15) is 11.7 Å². The Bertz CT molecular complexity index is 517. The van der Waals surface area contributed by atoms with E-state index in [9.17, 15) is 0 Å². The van der Waals surface area contributed by atoms with Gasteiger partial charge in [-0.25, -0.2) is 4.98 Å². The smallest absolute Gasteiger partial charge is 0.140 e. The van der Waals surface area contributed by atoms with E-state index in [4.69, 9.17) is 16.2 Å². The molecule has 1 aromatic rings. The lowest BCUT2D eigenvalue weighted by atomic mass is 10.1. The van der Waals surface area contributed by atoms with Gasteiger partial charge in [0.25, 0.3) is 0 Å². The molecular formula is C15H25N5O. The normalized spacial score (nSPS) is 16.8. The lowest BCUT2D eigenvalue weighted by Gasteiger charge is -2.25. The van der Waals surface area contributed by atoms with Gasteiger partial charge in [0, 0.05) is 31.9 Å². The summed E-state index contributed by atoms with van der Waals surface area (Å²) in [6, 6.07) is 1.97.